The van der Waals surface area contributed by atoms with Crippen LogP contribution in [0.3, 0.4) is 0 Å². The third-order valence-corrected chi connectivity index (χ3v) is 5.32. The summed E-state index contributed by atoms with van der Waals surface area (Å²) in [5, 5.41) is 15.0. The van der Waals surface area contributed by atoms with Crippen molar-refractivity contribution in [2.24, 2.45) is 0 Å². The number of nitrogens with one attached hydrogen (secondary N) is 2. The summed E-state index contributed by atoms with van der Waals surface area (Å²) >= 11 is 3.45. The van der Waals surface area contributed by atoms with E-state index in [-0.39, 0.29) is 11.8 Å². The molecule has 0 saturated carbocycles. The first kappa shape index (κ1) is 15.5. The third-order valence-electron chi connectivity index (χ3n) is 3.71. The van der Waals surface area contributed by atoms with E-state index in [1.165, 1.54) is 0 Å². The molecule has 116 valence electrons. The standard InChI is InChI=1S/C15H16BrN3O2S/c1-17-10(7-22(2)21)15-14-8(5-6-18-15)12-9(19-14)3-4-11(20)13(12)16/h3-6,10,17,19-20H,7H2,1-2H3/t10-,22-/m1/s1. The van der Waals surface area contributed by atoms with E-state index in [9.17, 15) is 9.32 Å². The Balaban J connectivity index is 2.29. The molecule has 0 fully saturated rings. The number of nitrogens with zero attached hydrogens (tertiary/aromatic N) is 1. The Bertz CT molecular complexity index is 878. The van der Waals surface area contributed by atoms with Gasteiger partial charge in [0, 0.05) is 45.3 Å². The molecule has 0 aliphatic rings. The number of rotatable bonds is 4. The van der Waals surface area contributed by atoms with Crippen molar-refractivity contribution in [2.45, 2.75) is 6.04 Å². The number of hydrogen-bond acceptors (Lipinski definition) is 4. The number of benzene rings is 1. The Labute approximate surface area is 138 Å². The van der Waals surface area contributed by atoms with Gasteiger partial charge in [-0.2, -0.15) is 0 Å². The molecule has 2 aromatic heterocycles. The smallest absolute Gasteiger partial charge is 0.130 e. The van der Waals surface area contributed by atoms with Gasteiger partial charge in [-0.05, 0) is 41.2 Å². The fourth-order valence-electron chi connectivity index (χ4n) is 2.68. The first-order chi connectivity index (χ1) is 10.5. The van der Waals surface area contributed by atoms with Gasteiger partial charge in [0.15, 0.2) is 0 Å². The van der Waals surface area contributed by atoms with Crippen molar-refractivity contribution in [1.29, 1.82) is 0 Å². The maximum absolute atomic E-state index is 11.6. The molecule has 0 unspecified atom stereocenters. The van der Waals surface area contributed by atoms with Crippen molar-refractivity contribution in [1.82, 2.24) is 15.3 Å². The minimum Gasteiger partial charge on any atom is -0.507 e. The Kier molecular flexibility index (Phi) is 4.20. The second kappa shape index (κ2) is 5.98. The summed E-state index contributed by atoms with van der Waals surface area (Å²) in [5.74, 6) is 0.691. The van der Waals surface area contributed by atoms with Crippen LogP contribution in [0.5, 0.6) is 5.75 Å². The van der Waals surface area contributed by atoms with Crippen molar-refractivity contribution in [3.8, 4) is 5.75 Å². The molecular formula is C15H16BrN3O2S. The van der Waals surface area contributed by atoms with Gasteiger partial charge in [-0.15, -0.1) is 0 Å². The van der Waals surface area contributed by atoms with E-state index in [4.69, 9.17) is 0 Å². The normalized spacial score (nSPS) is 14.5. The molecule has 2 atom stereocenters. The summed E-state index contributed by atoms with van der Waals surface area (Å²) in [4.78, 5) is 7.83. The van der Waals surface area contributed by atoms with Crippen LogP contribution >= 0.6 is 15.9 Å². The molecule has 0 bridgehead atoms. The minimum atomic E-state index is -0.930. The van der Waals surface area contributed by atoms with Crippen molar-refractivity contribution < 1.29 is 9.32 Å². The lowest BCUT2D eigenvalue weighted by molar-refractivity contribution is 0.473. The molecule has 0 aliphatic carbocycles. The number of hydrogen-bond donors (Lipinski definition) is 3. The molecule has 7 heteroatoms. The van der Waals surface area contributed by atoms with Gasteiger partial charge in [0.05, 0.1) is 21.7 Å². The zero-order valence-corrected chi connectivity index (χ0v) is 14.6. The molecule has 2 heterocycles. The molecule has 3 rings (SSSR count). The number of halogens is 1. The number of H-pyrrole nitrogens is 1. The van der Waals surface area contributed by atoms with Gasteiger partial charge >= 0.3 is 0 Å². The van der Waals surface area contributed by atoms with Gasteiger partial charge in [-0.3, -0.25) is 9.19 Å². The van der Waals surface area contributed by atoms with Crippen LogP contribution in [0.2, 0.25) is 0 Å². The first-order valence-electron chi connectivity index (χ1n) is 6.78. The number of phenols is 1. The van der Waals surface area contributed by atoms with Crippen LogP contribution in [0.4, 0.5) is 0 Å². The zero-order chi connectivity index (χ0) is 15.9. The summed E-state index contributed by atoms with van der Waals surface area (Å²) in [7, 11) is 0.905. The van der Waals surface area contributed by atoms with Gasteiger partial charge in [-0.1, -0.05) is 0 Å². The lowest BCUT2D eigenvalue weighted by Crippen LogP contribution is -2.23. The monoisotopic (exact) mass is 381 g/mol. The number of aromatic amines is 1. The van der Waals surface area contributed by atoms with Crippen molar-refractivity contribution in [3.05, 3.63) is 34.6 Å². The van der Waals surface area contributed by atoms with E-state index < -0.39 is 10.8 Å². The second-order valence-corrected chi connectivity index (χ2v) is 7.42. The summed E-state index contributed by atoms with van der Waals surface area (Å²) < 4.78 is 12.2. The number of fused-ring (bicyclic) bond motifs is 3. The Hall–Kier alpha value is -1.44. The third kappa shape index (κ3) is 2.53. The quantitative estimate of drug-likeness (QED) is 0.649. The van der Waals surface area contributed by atoms with Gasteiger partial charge in [0.25, 0.3) is 0 Å². The SMILES string of the molecule is CN[C@H](C[S@@](C)=O)c1nccc2c1[nH]c1ccc(O)c(Br)c12. The maximum Gasteiger partial charge on any atom is 0.130 e. The molecule has 3 N–H and O–H groups in total. The number of aromatic nitrogens is 2. The van der Waals surface area contributed by atoms with Crippen LogP contribution in [-0.2, 0) is 10.8 Å². The van der Waals surface area contributed by atoms with Crippen LogP contribution < -0.4 is 5.32 Å². The molecule has 0 radical (unpaired) electrons. The Morgan fingerprint density at radius 3 is 2.91 bits per heavy atom. The van der Waals surface area contributed by atoms with Crippen LogP contribution in [0.25, 0.3) is 21.8 Å². The van der Waals surface area contributed by atoms with E-state index in [1.807, 2.05) is 19.2 Å². The van der Waals surface area contributed by atoms with E-state index in [2.05, 4.69) is 31.2 Å². The lowest BCUT2D eigenvalue weighted by atomic mass is 10.1. The lowest BCUT2D eigenvalue weighted by Gasteiger charge is -2.14. The van der Waals surface area contributed by atoms with Crippen LogP contribution in [0.1, 0.15) is 11.7 Å². The molecule has 0 spiro atoms. The van der Waals surface area contributed by atoms with Crippen LogP contribution in [0.15, 0.2) is 28.9 Å². The van der Waals surface area contributed by atoms with Gasteiger partial charge in [-0.25, -0.2) is 0 Å². The molecule has 0 aliphatic heterocycles. The van der Waals surface area contributed by atoms with Gasteiger partial charge in [0.1, 0.15) is 5.75 Å². The predicted octanol–water partition coefficient (Wildman–Crippen LogP) is 2.82. The van der Waals surface area contributed by atoms with Crippen molar-refractivity contribution in [2.75, 3.05) is 19.1 Å². The fourth-order valence-corrected chi connectivity index (χ4v) is 4.04. The van der Waals surface area contributed by atoms with Crippen molar-refractivity contribution in [3.63, 3.8) is 0 Å². The van der Waals surface area contributed by atoms with Crippen molar-refractivity contribution >= 4 is 48.5 Å². The van der Waals surface area contributed by atoms with E-state index in [0.717, 1.165) is 27.5 Å². The Morgan fingerprint density at radius 2 is 2.23 bits per heavy atom. The average Bonchev–Trinajstić information content (AvgIpc) is 2.87. The molecule has 0 amide bonds. The number of phenolic OH excluding ortho intramolecular Hbond substituents is 1. The summed E-state index contributed by atoms with van der Waals surface area (Å²) in [6.07, 6.45) is 3.43. The highest BCUT2D eigenvalue weighted by molar-refractivity contribution is 9.10. The molecule has 0 saturated heterocycles. The highest BCUT2D eigenvalue weighted by atomic mass is 79.9. The first-order valence-corrected chi connectivity index (χ1v) is 9.30. The number of aromatic hydroxyl groups is 1. The number of pyridine rings is 1. The second-order valence-electron chi connectivity index (χ2n) is 5.15. The van der Waals surface area contributed by atoms with Crippen LogP contribution in [-0.4, -0.2) is 38.3 Å². The van der Waals surface area contributed by atoms with Crippen LogP contribution in [0, 0.1) is 0 Å². The largest absolute Gasteiger partial charge is 0.507 e. The molecule has 5 nitrogen and oxygen atoms in total. The van der Waals surface area contributed by atoms with E-state index in [0.29, 0.717) is 10.2 Å². The Morgan fingerprint density at radius 1 is 1.45 bits per heavy atom. The predicted molar refractivity (Wildman–Crippen MR) is 93.7 cm³/mol. The molecule has 1 aromatic carbocycles. The highest BCUT2D eigenvalue weighted by Crippen LogP contribution is 2.38. The maximum atomic E-state index is 11.6. The van der Waals surface area contributed by atoms with Gasteiger partial charge < -0.3 is 15.4 Å². The summed E-state index contributed by atoms with van der Waals surface area (Å²) in [6, 6.07) is 5.30. The minimum absolute atomic E-state index is 0.102. The van der Waals surface area contributed by atoms with E-state index >= 15 is 0 Å². The topological polar surface area (TPSA) is 78.0 Å². The zero-order valence-electron chi connectivity index (χ0n) is 12.2. The van der Waals surface area contributed by atoms with Gasteiger partial charge in [0.2, 0.25) is 0 Å². The summed E-state index contributed by atoms with van der Waals surface area (Å²) in [6.45, 7) is 0. The molecule has 3 aromatic rings. The fraction of sp³-hybridized carbons (Fsp3) is 0.267. The molecular weight excluding hydrogens is 366 g/mol. The van der Waals surface area contributed by atoms with E-state index in [1.54, 1.807) is 18.5 Å². The molecule has 22 heavy (non-hydrogen) atoms. The average molecular weight is 382 g/mol. The highest BCUT2D eigenvalue weighted by Gasteiger charge is 2.19. The summed E-state index contributed by atoms with van der Waals surface area (Å²) in [5.41, 5.74) is 2.65.